The number of alkyl halides is 1. The monoisotopic (exact) mass is 386 g/mol. The molecule has 0 aliphatic carbocycles. The summed E-state index contributed by atoms with van der Waals surface area (Å²) >= 11 is 3.29. The first-order valence-electron chi connectivity index (χ1n) is 7.83. The van der Waals surface area contributed by atoms with Gasteiger partial charge in [0.2, 0.25) is 0 Å². The van der Waals surface area contributed by atoms with E-state index in [-0.39, 0.29) is 6.10 Å². The Morgan fingerprint density at radius 1 is 0.545 bits per heavy atom. The van der Waals surface area contributed by atoms with E-state index in [1.165, 1.54) is 0 Å². The average Bonchev–Trinajstić information content (AvgIpc) is 2.50. The molecule has 0 unspecified atom stereocenters. The summed E-state index contributed by atoms with van der Waals surface area (Å²) in [5, 5.41) is 0.854. The molecular weight excluding hydrogens is 356 g/mol. The molecule has 0 radical (unpaired) electrons. The molecule has 7 heteroatoms. The van der Waals surface area contributed by atoms with Gasteiger partial charge < -0.3 is 28.4 Å². The number of hydrogen-bond donors (Lipinski definition) is 0. The second kappa shape index (κ2) is 19.3. The Kier molecular flexibility index (Phi) is 19.5. The molecule has 0 aromatic heterocycles. The van der Waals surface area contributed by atoms with Crippen molar-refractivity contribution in [2.45, 2.75) is 20.0 Å². The summed E-state index contributed by atoms with van der Waals surface area (Å²) in [7, 11) is 0. The van der Waals surface area contributed by atoms with Crippen molar-refractivity contribution in [3.8, 4) is 0 Å². The van der Waals surface area contributed by atoms with Crippen LogP contribution < -0.4 is 0 Å². The Hall–Kier alpha value is 0.240. The molecule has 0 spiro atoms. The first-order valence-corrected chi connectivity index (χ1v) is 8.95. The van der Waals surface area contributed by atoms with Gasteiger partial charge in [-0.2, -0.15) is 0 Å². The summed E-state index contributed by atoms with van der Waals surface area (Å²) < 4.78 is 32.1. The van der Waals surface area contributed by atoms with Crippen molar-refractivity contribution >= 4 is 15.9 Å². The van der Waals surface area contributed by atoms with Crippen LogP contribution >= 0.6 is 15.9 Å². The fourth-order valence-electron chi connectivity index (χ4n) is 1.38. The van der Waals surface area contributed by atoms with Crippen LogP contribution in [0.25, 0.3) is 0 Å². The van der Waals surface area contributed by atoms with E-state index in [2.05, 4.69) is 15.9 Å². The fourth-order valence-corrected chi connectivity index (χ4v) is 1.61. The van der Waals surface area contributed by atoms with Gasteiger partial charge in [0.05, 0.1) is 78.8 Å². The average molecular weight is 387 g/mol. The molecule has 6 nitrogen and oxygen atoms in total. The summed E-state index contributed by atoms with van der Waals surface area (Å²) in [6.07, 6.45) is 0.253. The zero-order chi connectivity index (χ0) is 16.3. The molecule has 0 aliphatic rings. The summed E-state index contributed by atoms with van der Waals surface area (Å²) in [4.78, 5) is 0. The van der Waals surface area contributed by atoms with E-state index >= 15 is 0 Å². The maximum atomic E-state index is 5.38. The van der Waals surface area contributed by atoms with Crippen molar-refractivity contribution in [1.82, 2.24) is 0 Å². The van der Waals surface area contributed by atoms with Crippen LogP contribution in [0.5, 0.6) is 0 Å². The maximum Gasteiger partial charge on any atom is 0.0703 e. The first kappa shape index (κ1) is 22.2. The number of ether oxygens (including phenoxy) is 6. The van der Waals surface area contributed by atoms with Gasteiger partial charge in [-0.05, 0) is 13.8 Å². The van der Waals surface area contributed by atoms with Crippen LogP contribution in [0.15, 0.2) is 0 Å². The van der Waals surface area contributed by atoms with Crippen LogP contribution in [0.4, 0.5) is 0 Å². The van der Waals surface area contributed by atoms with Gasteiger partial charge in [-0.3, -0.25) is 0 Å². The normalized spacial score (nSPS) is 11.5. The fraction of sp³-hybridized carbons (Fsp3) is 1.00. The van der Waals surface area contributed by atoms with E-state index in [0.717, 1.165) is 5.33 Å². The third kappa shape index (κ3) is 20.2. The molecule has 0 heterocycles. The maximum absolute atomic E-state index is 5.38. The van der Waals surface area contributed by atoms with Gasteiger partial charge in [0.1, 0.15) is 0 Å². The molecule has 0 amide bonds. The second-order valence-electron chi connectivity index (χ2n) is 4.67. The Bertz CT molecular complexity index is 206. The minimum absolute atomic E-state index is 0.253. The molecule has 0 N–H and O–H groups in total. The summed E-state index contributed by atoms with van der Waals surface area (Å²) in [5.41, 5.74) is 0. The molecule has 0 saturated heterocycles. The second-order valence-corrected chi connectivity index (χ2v) is 5.46. The van der Waals surface area contributed by atoms with Crippen LogP contribution in [0.2, 0.25) is 0 Å². The minimum Gasteiger partial charge on any atom is -0.378 e. The van der Waals surface area contributed by atoms with Gasteiger partial charge in [-0.25, -0.2) is 0 Å². The minimum atomic E-state index is 0.253. The van der Waals surface area contributed by atoms with Gasteiger partial charge in [0, 0.05) is 5.33 Å². The lowest BCUT2D eigenvalue weighted by atomic mass is 10.5. The van der Waals surface area contributed by atoms with Gasteiger partial charge in [-0.15, -0.1) is 0 Å². The highest BCUT2D eigenvalue weighted by molar-refractivity contribution is 9.09. The zero-order valence-electron chi connectivity index (χ0n) is 13.9. The summed E-state index contributed by atoms with van der Waals surface area (Å²) in [6.45, 7) is 10.6. The molecule has 0 aromatic rings. The van der Waals surface area contributed by atoms with Crippen LogP contribution in [0.3, 0.4) is 0 Å². The number of hydrogen-bond acceptors (Lipinski definition) is 6. The zero-order valence-corrected chi connectivity index (χ0v) is 15.5. The van der Waals surface area contributed by atoms with Gasteiger partial charge in [0.25, 0.3) is 0 Å². The predicted molar refractivity (Wildman–Crippen MR) is 89.0 cm³/mol. The molecule has 134 valence electrons. The van der Waals surface area contributed by atoms with Crippen molar-refractivity contribution in [3.63, 3.8) is 0 Å². The third-order valence-electron chi connectivity index (χ3n) is 2.39. The Labute approximate surface area is 142 Å². The quantitative estimate of drug-likeness (QED) is 0.265. The third-order valence-corrected chi connectivity index (χ3v) is 2.71. The van der Waals surface area contributed by atoms with E-state index in [1.54, 1.807) is 0 Å². The van der Waals surface area contributed by atoms with Crippen LogP contribution in [-0.2, 0) is 28.4 Å². The van der Waals surface area contributed by atoms with Crippen molar-refractivity contribution in [3.05, 3.63) is 0 Å². The highest BCUT2D eigenvalue weighted by Crippen LogP contribution is 1.88. The van der Waals surface area contributed by atoms with E-state index < -0.39 is 0 Å². The SMILES string of the molecule is CC(C)OCCOCCOCCOCCOCCOCCBr. The Morgan fingerprint density at radius 2 is 0.864 bits per heavy atom. The van der Waals surface area contributed by atoms with E-state index in [1.807, 2.05) is 13.8 Å². The molecule has 0 rings (SSSR count). The summed E-state index contributed by atoms with van der Waals surface area (Å²) in [5.74, 6) is 0. The van der Waals surface area contributed by atoms with Crippen LogP contribution in [0.1, 0.15) is 13.8 Å². The predicted octanol–water partition coefficient (Wildman–Crippen LogP) is 1.89. The van der Waals surface area contributed by atoms with Gasteiger partial charge >= 0.3 is 0 Å². The van der Waals surface area contributed by atoms with Gasteiger partial charge in [0.15, 0.2) is 0 Å². The van der Waals surface area contributed by atoms with Crippen molar-refractivity contribution in [1.29, 1.82) is 0 Å². The van der Waals surface area contributed by atoms with E-state index in [0.29, 0.717) is 72.7 Å². The topological polar surface area (TPSA) is 55.4 Å². The number of halogens is 1. The van der Waals surface area contributed by atoms with Crippen molar-refractivity contribution in [2.24, 2.45) is 0 Å². The molecule has 0 atom stereocenters. The Morgan fingerprint density at radius 3 is 1.18 bits per heavy atom. The lowest BCUT2D eigenvalue weighted by Gasteiger charge is -2.09. The van der Waals surface area contributed by atoms with E-state index in [4.69, 9.17) is 28.4 Å². The lowest BCUT2D eigenvalue weighted by Crippen LogP contribution is -2.14. The molecule has 0 aliphatic heterocycles. The van der Waals surface area contributed by atoms with Crippen molar-refractivity contribution < 1.29 is 28.4 Å². The number of rotatable bonds is 18. The van der Waals surface area contributed by atoms with Crippen LogP contribution in [-0.4, -0.2) is 84.1 Å². The largest absolute Gasteiger partial charge is 0.378 e. The molecule has 0 saturated carbocycles. The molecule has 0 aromatic carbocycles. The lowest BCUT2D eigenvalue weighted by molar-refractivity contribution is -0.0208. The smallest absolute Gasteiger partial charge is 0.0703 e. The summed E-state index contributed by atoms with van der Waals surface area (Å²) in [6, 6.07) is 0. The molecule has 0 bridgehead atoms. The Balaban J connectivity index is 2.94. The van der Waals surface area contributed by atoms with E-state index in [9.17, 15) is 0 Å². The highest BCUT2D eigenvalue weighted by Gasteiger charge is 1.95. The van der Waals surface area contributed by atoms with Crippen molar-refractivity contribution in [2.75, 3.05) is 78.0 Å². The highest BCUT2D eigenvalue weighted by atomic mass is 79.9. The first-order chi connectivity index (χ1) is 10.8. The van der Waals surface area contributed by atoms with Gasteiger partial charge in [-0.1, -0.05) is 15.9 Å². The molecule has 22 heavy (non-hydrogen) atoms. The molecule has 0 fully saturated rings. The standard InChI is InChI=1S/C15H31BrO6/c1-15(2)22-14-13-21-12-11-20-10-9-19-8-7-18-6-5-17-4-3-16/h15H,3-14H2,1-2H3. The van der Waals surface area contributed by atoms with Crippen LogP contribution in [0, 0.1) is 0 Å². The molecular formula is C15H31BrO6.